The largest absolute Gasteiger partial charge is 0.504 e. The minimum atomic E-state index is -1.75. The van der Waals surface area contributed by atoms with Crippen molar-refractivity contribution in [2.24, 2.45) is 0 Å². The highest BCUT2D eigenvalue weighted by Gasteiger charge is 2.45. The van der Waals surface area contributed by atoms with Crippen LogP contribution in [0.15, 0.2) is 39.5 Å². The number of methoxy groups -OCH3 is 1. The van der Waals surface area contributed by atoms with Gasteiger partial charge in [0.1, 0.15) is 46.9 Å². The third kappa shape index (κ3) is 3.97. The molecule has 2 aromatic carbocycles. The lowest BCUT2D eigenvalue weighted by Gasteiger charge is -2.39. The van der Waals surface area contributed by atoms with Crippen LogP contribution in [0, 0.1) is 0 Å². The maximum atomic E-state index is 13.1. The summed E-state index contributed by atoms with van der Waals surface area (Å²) in [5.41, 5.74) is -0.957. The standard InChI is InChI=1S/C22H22O12/c1-31-9-5-12-15(13(6-9)33-22-20(30)18(28)16(26)14(7-23)34-22)17(27)19(29)21(32-12)8-2-3-10(24)11(25)4-8/h2-6,14,16,18,20,22-26,28-30H,7H2,1H3. The molecule has 34 heavy (non-hydrogen) atoms. The Morgan fingerprint density at radius 1 is 0.971 bits per heavy atom. The normalized spacial score (nSPS) is 24.8. The van der Waals surface area contributed by atoms with Gasteiger partial charge in [-0.1, -0.05) is 0 Å². The van der Waals surface area contributed by atoms with Gasteiger partial charge < -0.3 is 54.4 Å². The van der Waals surface area contributed by atoms with Crippen molar-refractivity contribution in [3.8, 4) is 40.1 Å². The van der Waals surface area contributed by atoms with Gasteiger partial charge in [-0.3, -0.25) is 4.79 Å². The number of ether oxygens (including phenoxy) is 3. The van der Waals surface area contributed by atoms with Gasteiger partial charge in [-0.05, 0) is 18.2 Å². The molecule has 0 saturated carbocycles. The zero-order valence-corrected chi connectivity index (χ0v) is 17.7. The molecule has 5 unspecified atom stereocenters. The molecule has 1 saturated heterocycles. The first-order valence-corrected chi connectivity index (χ1v) is 10.0. The number of hydrogen-bond acceptors (Lipinski definition) is 12. The Kier molecular flexibility index (Phi) is 6.25. The third-order valence-electron chi connectivity index (χ3n) is 5.47. The molecular formula is C22H22O12. The third-order valence-corrected chi connectivity index (χ3v) is 5.47. The average molecular weight is 478 g/mol. The van der Waals surface area contributed by atoms with Crippen LogP contribution in [-0.2, 0) is 4.74 Å². The van der Waals surface area contributed by atoms with Gasteiger partial charge in [0.05, 0.1) is 13.7 Å². The second-order valence-electron chi connectivity index (χ2n) is 7.63. The molecule has 0 amide bonds. The molecule has 1 aliphatic heterocycles. The van der Waals surface area contributed by atoms with Crippen LogP contribution >= 0.6 is 0 Å². The number of benzene rings is 2. The van der Waals surface area contributed by atoms with Crippen LogP contribution < -0.4 is 14.9 Å². The number of phenolic OH excluding ortho intramolecular Hbond substituents is 2. The maximum absolute atomic E-state index is 13.1. The van der Waals surface area contributed by atoms with Crippen LogP contribution in [-0.4, -0.2) is 80.2 Å². The molecule has 7 N–H and O–H groups in total. The second kappa shape index (κ2) is 9.00. The number of aliphatic hydroxyl groups is 4. The van der Waals surface area contributed by atoms with Gasteiger partial charge in [0.2, 0.25) is 17.5 Å². The molecule has 0 radical (unpaired) electrons. The topological polar surface area (TPSA) is 200 Å². The summed E-state index contributed by atoms with van der Waals surface area (Å²) >= 11 is 0. The van der Waals surface area contributed by atoms with Gasteiger partial charge in [-0.2, -0.15) is 0 Å². The molecule has 4 rings (SSSR count). The monoisotopic (exact) mass is 478 g/mol. The molecule has 12 nitrogen and oxygen atoms in total. The average Bonchev–Trinajstić information content (AvgIpc) is 2.83. The van der Waals surface area contributed by atoms with E-state index in [4.69, 9.17) is 18.6 Å². The molecule has 1 fully saturated rings. The molecule has 5 atom stereocenters. The van der Waals surface area contributed by atoms with Gasteiger partial charge in [-0.25, -0.2) is 0 Å². The SMILES string of the molecule is COc1cc(OC2OC(CO)C(O)C(O)C2O)c2c(=O)c(O)c(-c3ccc(O)c(O)c3)oc2c1. The molecule has 0 bridgehead atoms. The first-order valence-electron chi connectivity index (χ1n) is 10.0. The molecule has 0 aliphatic carbocycles. The van der Waals surface area contributed by atoms with Crippen molar-refractivity contribution in [3.63, 3.8) is 0 Å². The van der Waals surface area contributed by atoms with Crippen molar-refractivity contribution in [1.82, 2.24) is 0 Å². The summed E-state index contributed by atoms with van der Waals surface area (Å²) in [4.78, 5) is 13.1. The highest BCUT2D eigenvalue weighted by Crippen LogP contribution is 2.39. The molecule has 12 heteroatoms. The molecule has 3 aromatic rings. The highest BCUT2D eigenvalue weighted by molar-refractivity contribution is 5.88. The Hall–Kier alpha value is -3.55. The van der Waals surface area contributed by atoms with E-state index in [1.807, 2.05) is 0 Å². The van der Waals surface area contributed by atoms with Crippen LogP contribution in [0.1, 0.15) is 0 Å². The van der Waals surface area contributed by atoms with E-state index >= 15 is 0 Å². The fourth-order valence-corrected chi connectivity index (χ4v) is 3.61. The van der Waals surface area contributed by atoms with Crippen LogP contribution in [0.5, 0.6) is 28.7 Å². The molecule has 0 spiro atoms. The second-order valence-corrected chi connectivity index (χ2v) is 7.63. The smallest absolute Gasteiger partial charge is 0.238 e. The quantitative estimate of drug-likeness (QED) is 0.238. The van der Waals surface area contributed by atoms with Gasteiger partial charge in [-0.15, -0.1) is 0 Å². The number of hydrogen-bond donors (Lipinski definition) is 7. The van der Waals surface area contributed by atoms with Crippen molar-refractivity contribution < 1.29 is 54.4 Å². The first-order chi connectivity index (χ1) is 16.2. The van der Waals surface area contributed by atoms with Crippen molar-refractivity contribution in [2.75, 3.05) is 13.7 Å². The van der Waals surface area contributed by atoms with Crippen LogP contribution in [0.2, 0.25) is 0 Å². The summed E-state index contributed by atoms with van der Waals surface area (Å²) in [7, 11) is 1.33. The Morgan fingerprint density at radius 3 is 2.35 bits per heavy atom. The zero-order valence-electron chi connectivity index (χ0n) is 17.7. The van der Waals surface area contributed by atoms with E-state index in [1.165, 1.54) is 25.3 Å². The first kappa shape index (κ1) is 23.6. The summed E-state index contributed by atoms with van der Waals surface area (Å²) in [6.07, 6.45) is -7.94. The van der Waals surface area contributed by atoms with E-state index in [1.54, 1.807) is 0 Å². The van der Waals surface area contributed by atoms with E-state index in [0.717, 1.165) is 12.1 Å². The number of fused-ring (bicyclic) bond motifs is 1. The maximum Gasteiger partial charge on any atom is 0.238 e. The van der Waals surface area contributed by atoms with Crippen LogP contribution in [0.4, 0.5) is 0 Å². The highest BCUT2D eigenvalue weighted by atomic mass is 16.7. The Morgan fingerprint density at radius 2 is 1.71 bits per heavy atom. The molecule has 1 aliphatic rings. The van der Waals surface area contributed by atoms with Crippen molar-refractivity contribution in [3.05, 3.63) is 40.6 Å². The van der Waals surface area contributed by atoms with Crippen LogP contribution in [0.3, 0.4) is 0 Å². The summed E-state index contributed by atoms with van der Waals surface area (Å²) in [6.45, 7) is -0.685. The number of aliphatic hydroxyl groups excluding tert-OH is 4. The van der Waals surface area contributed by atoms with Crippen molar-refractivity contribution in [1.29, 1.82) is 0 Å². The lowest BCUT2D eigenvalue weighted by atomic mass is 9.99. The van der Waals surface area contributed by atoms with E-state index in [-0.39, 0.29) is 33.8 Å². The number of phenols is 2. The Bertz CT molecular complexity index is 1270. The summed E-state index contributed by atoms with van der Waals surface area (Å²) in [6, 6.07) is 6.13. The van der Waals surface area contributed by atoms with Gasteiger partial charge in [0, 0.05) is 17.7 Å². The van der Waals surface area contributed by atoms with E-state index in [0.29, 0.717) is 0 Å². The Labute approximate surface area is 191 Å². The van der Waals surface area contributed by atoms with Crippen LogP contribution in [0.25, 0.3) is 22.3 Å². The predicted octanol–water partition coefficient (Wildman–Crippen LogP) is -0.236. The van der Waals surface area contributed by atoms with E-state index in [9.17, 15) is 40.5 Å². The van der Waals surface area contributed by atoms with Gasteiger partial charge in [0.15, 0.2) is 17.3 Å². The number of aromatic hydroxyl groups is 3. The minimum Gasteiger partial charge on any atom is -0.504 e. The number of rotatable bonds is 5. The van der Waals surface area contributed by atoms with Gasteiger partial charge >= 0.3 is 0 Å². The van der Waals surface area contributed by atoms with Crippen molar-refractivity contribution >= 4 is 11.0 Å². The van der Waals surface area contributed by atoms with E-state index < -0.39 is 60.0 Å². The molecule has 2 heterocycles. The fourth-order valence-electron chi connectivity index (χ4n) is 3.61. The summed E-state index contributed by atoms with van der Waals surface area (Å²) < 4.78 is 21.8. The zero-order chi connectivity index (χ0) is 24.7. The lowest BCUT2D eigenvalue weighted by Crippen LogP contribution is -2.60. The Balaban J connectivity index is 1.84. The molecule has 182 valence electrons. The molecule has 1 aromatic heterocycles. The lowest BCUT2D eigenvalue weighted by molar-refractivity contribution is -0.277. The van der Waals surface area contributed by atoms with Gasteiger partial charge in [0.25, 0.3) is 0 Å². The summed E-state index contributed by atoms with van der Waals surface area (Å²) in [5.74, 6) is -2.15. The fraction of sp³-hybridized carbons (Fsp3) is 0.318. The van der Waals surface area contributed by atoms with E-state index in [2.05, 4.69) is 0 Å². The van der Waals surface area contributed by atoms with Crippen molar-refractivity contribution in [2.45, 2.75) is 30.7 Å². The predicted molar refractivity (Wildman–Crippen MR) is 114 cm³/mol. The molecular weight excluding hydrogens is 456 g/mol. The summed E-state index contributed by atoms with van der Waals surface area (Å²) in [5, 5.41) is 69.2. The minimum absolute atomic E-state index is 0.0889.